The molecule has 256 valence electrons. The molecule has 2 aliphatic carbocycles. The summed E-state index contributed by atoms with van der Waals surface area (Å²) in [4.78, 5) is 55.5. The Morgan fingerprint density at radius 3 is 2.74 bits per heavy atom. The number of nitrogens with one attached hydrogen (secondary N) is 3. The van der Waals surface area contributed by atoms with E-state index in [0.717, 1.165) is 17.5 Å². The normalized spacial score (nSPS) is 28.3. The molecule has 2 saturated carbocycles. The van der Waals surface area contributed by atoms with Gasteiger partial charge in [-0.05, 0) is 61.8 Å². The molecule has 0 spiro atoms. The van der Waals surface area contributed by atoms with Gasteiger partial charge in [-0.15, -0.1) is 6.58 Å². The van der Waals surface area contributed by atoms with Gasteiger partial charge in [0.15, 0.2) is 0 Å². The molecule has 2 aliphatic heterocycles. The number of fused-ring (bicyclic) bond motifs is 4. The first kappa shape index (κ1) is 34.9. The van der Waals surface area contributed by atoms with E-state index in [-0.39, 0.29) is 32.6 Å². The van der Waals surface area contributed by atoms with Crippen molar-refractivity contribution in [2.45, 2.75) is 100 Å². The van der Waals surface area contributed by atoms with Gasteiger partial charge in [0.2, 0.25) is 21.8 Å². The van der Waals surface area contributed by atoms with Gasteiger partial charge in [0.05, 0.1) is 24.6 Å². The van der Waals surface area contributed by atoms with E-state index >= 15 is 0 Å². The Hall–Kier alpha value is -3.42. The van der Waals surface area contributed by atoms with Crippen LogP contribution in [0.3, 0.4) is 0 Å². The van der Waals surface area contributed by atoms with E-state index in [1.165, 1.54) is 11.0 Å². The van der Waals surface area contributed by atoms with Crippen LogP contribution >= 0.6 is 11.6 Å². The number of allylic oxidation sites excluding steroid dienone is 1. The van der Waals surface area contributed by atoms with E-state index in [1.807, 2.05) is 31.2 Å². The first-order chi connectivity index (χ1) is 22.5. The topological polar surface area (TPSA) is 160 Å². The number of cyclic esters (lactones) is 1. The number of benzene rings is 1. The number of rotatable bonds is 9. The molecule has 0 unspecified atom stereocenters. The maximum atomic E-state index is 14.1. The minimum atomic E-state index is -3.86. The second-order valence-electron chi connectivity index (χ2n) is 12.7. The Bertz CT molecular complexity index is 1530. The molecule has 0 aromatic heterocycles. The van der Waals surface area contributed by atoms with Crippen LogP contribution in [0.1, 0.15) is 75.8 Å². The summed E-state index contributed by atoms with van der Waals surface area (Å²) < 4.78 is 38.9. The predicted molar refractivity (Wildman–Crippen MR) is 175 cm³/mol. The van der Waals surface area contributed by atoms with Crippen molar-refractivity contribution in [1.29, 1.82) is 0 Å². The van der Waals surface area contributed by atoms with E-state index in [9.17, 15) is 27.6 Å². The molecule has 3 fully saturated rings. The number of nitrogens with zero attached hydrogens (tertiary/aromatic N) is 1. The van der Waals surface area contributed by atoms with Crippen LogP contribution in [-0.4, -0.2) is 79.3 Å². The summed E-state index contributed by atoms with van der Waals surface area (Å²) in [5, 5.41) is 5.37. The highest BCUT2D eigenvalue weighted by Gasteiger charge is 2.62. The second kappa shape index (κ2) is 14.8. The van der Waals surface area contributed by atoms with Gasteiger partial charge in [-0.1, -0.05) is 55.7 Å². The fraction of sp³-hybridized carbons (Fsp3) is 0.576. The summed E-state index contributed by atoms with van der Waals surface area (Å²) in [6.07, 6.45) is 8.37. The number of sulfonamides is 1. The van der Waals surface area contributed by atoms with Crippen molar-refractivity contribution in [3.05, 3.63) is 53.1 Å². The number of amides is 4. The molecular formula is C33H43ClN4O8S. The standard InChI is InChI=1S/C33H43ClN4O8S/c1-3-5-10-27-30(40)38-19-24(46-20-22-16-21(11-14-26(22)34)9-7-6-8-15-45-32(42)35-27)17-28(38)29(39)36-33(18-23(33)4-2)31(41)37-47(43,44)25-12-13-25/h4,7,9,11,14,16,23-25,27-28H,2-3,5-6,8,10,12-13,15,17-20H2,1H3,(H,35,42)(H,36,39)(H,37,41)/t23-,24-,27+,28+,33-/m1/s1. The van der Waals surface area contributed by atoms with Gasteiger partial charge in [-0.2, -0.15) is 0 Å². The number of halogens is 1. The number of carbonyl (C=O) groups excluding carboxylic acids is 4. The zero-order valence-corrected chi connectivity index (χ0v) is 28.1. The molecule has 1 aromatic carbocycles. The van der Waals surface area contributed by atoms with E-state index in [1.54, 1.807) is 6.07 Å². The molecule has 47 heavy (non-hydrogen) atoms. The van der Waals surface area contributed by atoms with Crippen LogP contribution in [0.4, 0.5) is 4.79 Å². The zero-order chi connectivity index (χ0) is 33.8. The first-order valence-corrected chi connectivity index (χ1v) is 18.2. The molecule has 3 N–H and O–H groups in total. The average Bonchev–Trinajstić information content (AvgIpc) is 3.96. The Kier molecular flexibility index (Phi) is 11.0. The lowest BCUT2D eigenvalue weighted by atomic mass is 10.1. The van der Waals surface area contributed by atoms with Gasteiger partial charge in [-0.3, -0.25) is 19.1 Å². The maximum Gasteiger partial charge on any atom is 0.407 e. The summed E-state index contributed by atoms with van der Waals surface area (Å²) >= 11 is 6.48. The summed E-state index contributed by atoms with van der Waals surface area (Å²) in [6, 6.07) is 3.56. The number of hydrogen-bond acceptors (Lipinski definition) is 8. The number of unbranched alkanes of at least 4 members (excludes halogenated alkanes) is 1. The fourth-order valence-corrected chi connectivity index (χ4v) is 7.62. The van der Waals surface area contributed by atoms with Crippen LogP contribution in [0.15, 0.2) is 36.9 Å². The Morgan fingerprint density at radius 1 is 1.26 bits per heavy atom. The third-order valence-electron chi connectivity index (χ3n) is 9.14. The summed E-state index contributed by atoms with van der Waals surface area (Å²) in [7, 11) is -3.86. The van der Waals surface area contributed by atoms with Crippen LogP contribution in [0.5, 0.6) is 0 Å². The molecule has 1 saturated heterocycles. The molecule has 4 aliphatic rings. The average molecular weight is 691 g/mol. The molecular weight excluding hydrogens is 648 g/mol. The monoisotopic (exact) mass is 690 g/mol. The largest absolute Gasteiger partial charge is 0.450 e. The minimum absolute atomic E-state index is 0.0492. The summed E-state index contributed by atoms with van der Waals surface area (Å²) in [5.41, 5.74) is 0.156. The van der Waals surface area contributed by atoms with Crippen molar-refractivity contribution in [2.24, 2.45) is 5.92 Å². The van der Waals surface area contributed by atoms with Gasteiger partial charge in [-0.25, -0.2) is 13.2 Å². The van der Waals surface area contributed by atoms with Crippen LogP contribution in [-0.2, 0) is 40.5 Å². The fourth-order valence-electron chi connectivity index (χ4n) is 6.08. The van der Waals surface area contributed by atoms with E-state index in [2.05, 4.69) is 21.9 Å². The molecule has 0 radical (unpaired) electrons. The van der Waals surface area contributed by atoms with Crippen LogP contribution in [0.2, 0.25) is 5.02 Å². The number of carbonyl (C=O) groups is 4. The van der Waals surface area contributed by atoms with Crippen molar-refractivity contribution >= 4 is 51.5 Å². The Labute approximate surface area is 280 Å². The van der Waals surface area contributed by atoms with E-state index in [0.29, 0.717) is 43.5 Å². The van der Waals surface area contributed by atoms with Crippen molar-refractivity contribution < 1.29 is 37.1 Å². The first-order valence-electron chi connectivity index (χ1n) is 16.3. The van der Waals surface area contributed by atoms with Crippen molar-refractivity contribution in [1.82, 2.24) is 20.3 Å². The minimum Gasteiger partial charge on any atom is -0.450 e. The molecule has 4 amide bonds. The number of ether oxygens (including phenoxy) is 2. The SMILES string of the molecule is C=C[C@@H]1C[C@]1(NC(=O)[C@@H]1C[C@@H]2CN1C(=O)[C@H](CCCC)NC(=O)OCCCC=Cc1ccc(Cl)c(c1)CO2)C(=O)NS(=O)(=O)C1CC1. The molecule has 5 atom stereocenters. The zero-order valence-electron chi connectivity index (χ0n) is 26.5. The van der Waals surface area contributed by atoms with Crippen molar-refractivity contribution in [3.63, 3.8) is 0 Å². The van der Waals surface area contributed by atoms with Crippen LogP contribution < -0.4 is 15.4 Å². The predicted octanol–water partition coefficient (Wildman–Crippen LogP) is 3.59. The van der Waals surface area contributed by atoms with Gasteiger partial charge in [0, 0.05) is 23.9 Å². The quantitative estimate of drug-likeness (QED) is 0.332. The molecule has 5 rings (SSSR count). The van der Waals surface area contributed by atoms with Gasteiger partial charge < -0.3 is 25.0 Å². The van der Waals surface area contributed by atoms with Gasteiger partial charge >= 0.3 is 6.09 Å². The lowest BCUT2D eigenvalue weighted by Gasteiger charge is -2.29. The number of hydrogen-bond donors (Lipinski definition) is 3. The summed E-state index contributed by atoms with van der Waals surface area (Å²) in [6.45, 7) is 6.06. The lowest BCUT2D eigenvalue weighted by molar-refractivity contribution is -0.141. The number of alkyl carbamates (subject to hydrolysis) is 1. The highest BCUT2D eigenvalue weighted by Crippen LogP contribution is 2.45. The smallest absolute Gasteiger partial charge is 0.407 e. The Balaban J connectivity index is 1.40. The third-order valence-corrected chi connectivity index (χ3v) is 11.3. The van der Waals surface area contributed by atoms with E-state index in [4.69, 9.17) is 21.1 Å². The van der Waals surface area contributed by atoms with Crippen LogP contribution in [0.25, 0.3) is 6.08 Å². The lowest BCUT2D eigenvalue weighted by Crippen LogP contribution is -2.58. The van der Waals surface area contributed by atoms with Crippen LogP contribution in [0, 0.1) is 5.92 Å². The van der Waals surface area contributed by atoms with Gasteiger partial charge in [0.25, 0.3) is 5.91 Å². The molecule has 2 heterocycles. The van der Waals surface area contributed by atoms with Gasteiger partial charge in [0.1, 0.15) is 17.6 Å². The molecule has 14 heteroatoms. The van der Waals surface area contributed by atoms with Crippen molar-refractivity contribution in [2.75, 3.05) is 13.2 Å². The summed E-state index contributed by atoms with van der Waals surface area (Å²) in [5.74, 6) is -2.41. The second-order valence-corrected chi connectivity index (χ2v) is 15.1. The highest BCUT2D eigenvalue weighted by atomic mass is 35.5. The highest BCUT2D eigenvalue weighted by molar-refractivity contribution is 7.91. The molecule has 1 aromatic rings. The van der Waals surface area contributed by atoms with Crippen molar-refractivity contribution in [3.8, 4) is 0 Å². The molecule has 12 nitrogen and oxygen atoms in total. The third kappa shape index (κ3) is 8.36. The van der Waals surface area contributed by atoms with E-state index < -0.39 is 68.7 Å². The Morgan fingerprint density at radius 2 is 2.04 bits per heavy atom. The molecule has 4 bridgehead atoms. The maximum absolute atomic E-state index is 14.1.